The standard InChI is InChI=1S/C29H30N6O2/c1-5-23(11-13-30-4)29(36)34-27-17-24(12-14-31-27)37-26-8-6-7-25(20(26)2)21(3)33-18-22-9-10-28-32-15-16-35(28)19-22/h6-17,19,33H,3,5,18H2,1-2,4H3,(H,31,34,36)/b23-11+,30-13?. The van der Waals surface area contributed by atoms with E-state index in [0.29, 0.717) is 35.9 Å². The fourth-order valence-electron chi connectivity index (χ4n) is 3.81. The fraction of sp³-hybridized carbons (Fsp3) is 0.172. The summed E-state index contributed by atoms with van der Waals surface area (Å²) in [7, 11) is 1.66. The van der Waals surface area contributed by atoms with Crippen LogP contribution in [0.4, 0.5) is 5.82 Å². The van der Waals surface area contributed by atoms with Crippen LogP contribution < -0.4 is 15.4 Å². The van der Waals surface area contributed by atoms with E-state index < -0.39 is 0 Å². The van der Waals surface area contributed by atoms with Gasteiger partial charge in [-0.15, -0.1) is 0 Å². The molecule has 2 N–H and O–H groups in total. The lowest BCUT2D eigenvalue weighted by Gasteiger charge is -2.16. The Morgan fingerprint density at radius 2 is 2.05 bits per heavy atom. The van der Waals surface area contributed by atoms with E-state index in [4.69, 9.17) is 4.74 Å². The van der Waals surface area contributed by atoms with Gasteiger partial charge in [0.1, 0.15) is 23.0 Å². The molecule has 0 atom stereocenters. The van der Waals surface area contributed by atoms with Gasteiger partial charge in [-0.3, -0.25) is 9.79 Å². The molecule has 0 aliphatic rings. The Balaban J connectivity index is 1.44. The van der Waals surface area contributed by atoms with Crippen molar-refractivity contribution in [3.8, 4) is 11.5 Å². The lowest BCUT2D eigenvalue weighted by molar-refractivity contribution is -0.113. The van der Waals surface area contributed by atoms with Gasteiger partial charge in [0.2, 0.25) is 0 Å². The summed E-state index contributed by atoms with van der Waals surface area (Å²) in [6, 6.07) is 13.3. The number of carbonyl (C=O) groups excluding carboxylic acids is 1. The smallest absolute Gasteiger partial charge is 0.252 e. The molecule has 3 aromatic heterocycles. The minimum atomic E-state index is -0.222. The highest BCUT2D eigenvalue weighted by Crippen LogP contribution is 2.30. The monoisotopic (exact) mass is 494 g/mol. The van der Waals surface area contributed by atoms with Gasteiger partial charge in [-0.25, -0.2) is 9.97 Å². The number of nitrogens with one attached hydrogen (secondary N) is 2. The van der Waals surface area contributed by atoms with Crippen molar-refractivity contribution in [2.75, 3.05) is 12.4 Å². The van der Waals surface area contributed by atoms with E-state index >= 15 is 0 Å². The topological polar surface area (TPSA) is 92.9 Å². The predicted molar refractivity (Wildman–Crippen MR) is 148 cm³/mol. The molecule has 0 bridgehead atoms. The number of nitrogens with zero attached hydrogens (tertiary/aromatic N) is 4. The molecule has 0 spiro atoms. The third kappa shape index (κ3) is 6.29. The lowest BCUT2D eigenvalue weighted by Crippen LogP contribution is -2.15. The van der Waals surface area contributed by atoms with Crippen molar-refractivity contribution in [1.82, 2.24) is 19.7 Å². The summed E-state index contributed by atoms with van der Waals surface area (Å²) < 4.78 is 8.16. The average Bonchev–Trinajstić information content (AvgIpc) is 3.37. The van der Waals surface area contributed by atoms with Crippen LogP contribution in [-0.2, 0) is 11.3 Å². The van der Waals surface area contributed by atoms with Crippen LogP contribution in [0.1, 0.15) is 30.0 Å². The Kier molecular flexibility index (Phi) is 8.10. The largest absolute Gasteiger partial charge is 0.457 e. The van der Waals surface area contributed by atoms with Gasteiger partial charge in [-0.05, 0) is 43.2 Å². The van der Waals surface area contributed by atoms with Crippen molar-refractivity contribution < 1.29 is 9.53 Å². The second kappa shape index (κ2) is 11.8. The molecule has 8 heteroatoms. The number of aromatic nitrogens is 3. The van der Waals surface area contributed by atoms with E-state index in [9.17, 15) is 4.79 Å². The van der Waals surface area contributed by atoms with Crippen LogP contribution in [-0.4, -0.2) is 33.5 Å². The number of carbonyl (C=O) groups is 1. The van der Waals surface area contributed by atoms with E-state index in [1.165, 1.54) is 0 Å². The fourth-order valence-corrected chi connectivity index (χ4v) is 3.81. The first-order chi connectivity index (χ1) is 18.0. The van der Waals surface area contributed by atoms with Crippen LogP contribution >= 0.6 is 0 Å². The molecule has 0 unspecified atom stereocenters. The van der Waals surface area contributed by atoms with E-state index in [1.54, 1.807) is 43.9 Å². The number of hydrogen-bond donors (Lipinski definition) is 2. The number of allylic oxidation sites excluding steroid dienone is 1. The highest BCUT2D eigenvalue weighted by molar-refractivity contribution is 6.05. The normalized spacial score (nSPS) is 11.6. The quantitative estimate of drug-likeness (QED) is 0.222. The summed E-state index contributed by atoms with van der Waals surface area (Å²) in [5, 5.41) is 6.23. The Bertz CT molecular complexity index is 1480. The molecule has 0 fully saturated rings. The Morgan fingerprint density at radius 1 is 1.19 bits per heavy atom. The van der Waals surface area contributed by atoms with Crippen LogP contribution in [0.15, 0.2) is 90.5 Å². The molecule has 0 saturated carbocycles. The highest BCUT2D eigenvalue weighted by Gasteiger charge is 2.12. The van der Waals surface area contributed by atoms with E-state index in [1.807, 2.05) is 61.0 Å². The van der Waals surface area contributed by atoms with Gasteiger partial charge in [0.15, 0.2) is 0 Å². The molecule has 0 aliphatic heterocycles. The first-order valence-electron chi connectivity index (χ1n) is 12.0. The molecule has 188 valence electrons. The first-order valence-corrected chi connectivity index (χ1v) is 12.0. The molecule has 4 rings (SSSR count). The number of anilines is 1. The van der Waals surface area contributed by atoms with Gasteiger partial charge in [0, 0.05) is 73.1 Å². The van der Waals surface area contributed by atoms with Crippen LogP contribution in [0.2, 0.25) is 0 Å². The molecule has 0 radical (unpaired) electrons. The highest BCUT2D eigenvalue weighted by atomic mass is 16.5. The number of amides is 1. The van der Waals surface area contributed by atoms with Crippen LogP contribution in [0.25, 0.3) is 11.3 Å². The van der Waals surface area contributed by atoms with Gasteiger partial charge in [0.25, 0.3) is 5.91 Å². The summed E-state index contributed by atoms with van der Waals surface area (Å²) >= 11 is 0. The van der Waals surface area contributed by atoms with Gasteiger partial charge in [0.05, 0.1) is 0 Å². The number of pyridine rings is 2. The number of rotatable bonds is 10. The second-order valence-electron chi connectivity index (χ2n) is 8.38. The van der Waals surface area contributed by atoms with Crippen molar-refractivity contribution in [2.45, 2.75) is 26.8 Å². The summed E-state index contributed by atoms with van der Waals surface area (Å²) in [6.07, 6.45) is 11.2. The zero-order valence-electron chi connectivity index (χ0n) is 21.2. The van der Waals surface area contributed by atoms with Crippen LogP contribution in [0.5, 0.6) is 11.5 Å². The minimum Gasteiger partial charge on any atom is -0.457 e. The summed E-state index contributed by atoms with van der Waals surface area (Å²) in [4.78, 5) is 25.0. The van der Waals surface area contributed by atoms with Crippen molar-refractivity contribution in [1.29, 1.82) is 0 Å². The number of fused-ring (bicyclic) bond motifs is 1. The number of aliphatic imine (C=N–C) groups is 1. The molecule has 0 aliphatic carbocycles. The molecule has 37 heavy (non-hydrogen) atoms. The van der Waals surface area contributed by atoms with Crippen LogP contribution in [0, 0.1) is 6.92 Å². The summed E-state index contributed by atoms with van der Waals surface area (Å²) in [5.41, 5.74) is 5.34. The number of ether oxygens (including phenoxy) is 1. The van der Waals surface area contributed by atoms with Crippen molar-refractivity contribution in [3.63, 3.8) is 0 Å². The third-order valence-electron chi connectivity index (χ3n) is 5.86. The lowest BCUT2D eigenvalue weighted by atomic mass is 10.1. The molecule has 4 aromatic rings. The predicted octanol–water partition coefficient (Wildman–Crippen LogP) is 5.57. The second-order valence-corrected chi connectivity index (χ2v) is 8.38. The molecule has 1 amide bonds. The van der Waals surface area contributed by atoms with Crippen molar-refractivity contribution in [2.24, 2.45) is 4.99 Å². The average molecular weight is 495 g/mol. The summed E-state index contributed by atoms with van der Waals surface area (Å²) in [6.45, 7) is 8.77. The maximum Gasteiger partial charge on any atom is 0.252 e. The first kappa shape index (κ1) is 25.4. The van der Waals surface area contributed by atoms with Gasteiger partial charge >= 0.3 is 0 Å². The summed E-state index contributed by atoms with van der Waals surface area (Å²) in [5.74, 6) is 1.44. The molecule has 3 heterocycles. The van der Waals surface area contributed by atoms with E-state index in [0.717, 1.165) is 28.0 Å². The van der Waals surface area contributed by atoms with E-state index in [-0.39, 0.29) is 5.91 Å². The zero-order chi connectivity index (χ0) is 26.2. The number of benzene rings is 1. The maximum absolute atomic E-state index is 12.6. The van der Waals surface area contributed by atoms with E-state index in [2.05, 4.69) is 32.2 Å². The number of imidazole rings is 1. The Morgan fingerprint density at radius 3 is 2.86 bits per heavy atom. The maximum atomic E-state index is 12.6. The molecular weight excluding hydrogens is 464 g/mol. The number of hydrogen-bond acceptors (Lipinski definition) is 6. The van der Waals surface area contributed by atoms with Gasteiger partial charge in [-0.1, -0.05) is 31.7 Å². The van der Waals surface area contributed by atoms with Crippen LogP contribution in [0.3, 0.4) is 0 Å². The van der Waals surface area contributed by atoms with Crippen molar-refractivity contribution >= 4 is 29.3 Å². The molecule has 0 saturated heterocycles. The Hall–Kier alpha value is -4.72. The molecule has 8 nitrogen and oxygen atoms in total. The molecular formula is C29H30N6O2. The van der Waals surface area contributed by atoms with Crippen molar-refractivity contribution in [3.05, 3.63) is 102 Å². The zero-order valence-corrected chi connectivity index (χ0v) is 21.2. The van der Waals surface area contributed by atoms with Gasteiger partial charge in [-0.2, -0.15) is 0 Å². The third-order valence-corrected chi connectivity index (χ3v) is 5.86. The SMILES string of the molecule is C=C(NCc1ccc2nccn2c1)c1cccc(Oc2ccnc(NC(=O)/C(=C/C=NC)CC)c2)c1C. The Labute approximate surface area is 216 Å². The minimum absolute atomic E-state index is 0.222. The van der Waals surface area contributed by atoms with Gasteiger partial charge < -0.3 is 19.8 Å². The molecule has 1 aromatic carbocycles.